The summed E-state index contributed by atoms with van der Waals surface area (Å²) in [5.41, 5.74) is 2.12. The van der Waals surface area contributed by atoms with Gasteiger partial charge in [0.1, 0.15) is 0 Å². The van der Waals surface area contributed by atoms with Crippen LogP contribution in [0.4, 0.5) is 18.9 Å². The van der Waals surface area contributed by atoms with E-state index in [1.165, 1.54) is 17.2 Å². The third kappa shape index (κ3) is 3.96. The molecule has 0 unspecified atom stereocenters. The van der Waals surface area contributed by atoms with Crippen LogP contribution in [0.15, 0.2) is 79.0 Å². The number of carbonyl (C=O) groups excluding carboxylic acids is 1. The fourth-order valence-corrected chi connectivity index (χ4v) is 3.81. The lowest BCUT2D eigenvalue weighted by Crippen LogP contribution is -2.27. The Labute approximate surface area is 184 Å². The van der Waals surface area contributed by atoms with E-state index in [1.807, 2.05) is 37.3 Å². The van der Waals surface area contributed by atoms with Gasteiger partial charge in [-0.25, -0.2) is 0 Å². The van der Waals surface area contributed by atoms with Crippen molar-refractivity contribution in [2.24, 2.45) is 0 Å². The molecule has 4 aromatic rings. The van der Waals surface area contributed by atoms with E-state index in [-0.39, 0.29) is 22.4 Å². The van der Waals surface area contributed by atoms with Gasteiger partial charge in [-0.2, -0.15) is 13.2 Å². The largest absolute Gasteiger partial charge is 0.418 e. The van der Waals surface area contributed by atoms with Crippen molar-refractivity contribution in [1.82, 2.24) is 4.98 Å². The second-order valence-electron chi connectivity index (χ2n) is 7.50. The van der Waals surface area contributed by atoms with E-state index < -0.39 is 11.7 Å². The monoisotopic (exact) mass is 434 g/mol. The summed E-state index contributed by atoms with van der Waals surface area (Å²) < 4.78 is 40.9. The number of hydrogen-bond acceptors (Lipinski definition) is 2. The Morgan fingerprint density at radius 2 is 1.69 bits per heavy atom. The van der Waals surface area contributed by atoms with Crippen molar-refractivity contribution in [2.45, 2.75) is 19.5 Å². The van der Waals surface area contributed by atoms with Gasteiger partial charge in [-0.3, -0.25) is 9.78 Å². The molecule has 4 rings (SSSR count). The average molecular weight is 434 g/mol. The van der Waals surface area contributed by atoms with E-state index in [0.717, 1.165) is 18.1 Å². The van der Waals surface area contributed by atoms with Crippen LogP contribution in [-0.4, -0.2) is 17.9 Å². The Kier molecular flexibility index (Phi) is 5.70. The molecule has 0 saturated heterocycles. The Bertz CT molecular complexity index is 1280. The van der Waals surface area contributed by atoms with Crippen LogP contribution in [0.5, 0.6) is 0 Å². The van der Waals surface area contributed by atoms with Crippen molar-refractivity contribution >= 4 is 22.5 Å². The van der Waals surface area contributed by atoms with Crippen LogP contribution in [0.1, 0.15) is 28.4 Å². The molecule has 0 spiro atoms. The van der Waals surface area contributed by atoms with Gasteiger partial charge in [0.05, 0.1) is 16.6 Å². The second kappa shape index (κ2) is 8.46. The van der Waals surface area contributed by atoms with Crippen LogP contribution >= 0.6 is 0 Å². The highest BCUT2D eigenvalue weighted by Gasteiger charge is 2.34. The number of carbonyl (C=O) groups is 1. The lowest BCUT2D eigenvalue weighted by atomic mass is 9.94. The molecular weight excluding hydrogens is 413 g/mol. The number of alkyl halides is 3. The minimum absolute atomic E-state index is 0.175. The van der Waals surface area contributed by atoms with Gasteiger partial charge in [0.25, 0.3) is 5.91 Å². The Balaban J connectivity index is 1.94. The van der Waals surface area contributed by atoms with Gasteiger partial charge in [-0.1, -0.05) is 61.5 Å². The van der Waals surface area contributed by atoms with Gasteiger partial charge in [-0.15, -0.1) is 0 Å². The average Bonchev–Trinajstić information content (AvgIpc) is 2.81. The van der Waals surface area contributed by atoms with Gasteiger partial charge in [0.15, 0.2) is 0 Å². The number of para-hydroxylation sites is 1. The third-order valence-corrected chi connectivity index (χ3v) is 5.51. The Morgan fingerprint density at radius 3 is 2.38 bits per heavy atom. The van der Waals surface area contributed by atoms with Gasteiger partial charge in [-0.05, 0) is 35.7 Å². The summed E-state index contributed by atoms with van der Waals surface area (Å²) >= 11 is 0. The fourth-order valence-electron chi connectivity index (χ4n) is 3.81. The standard InChI is InChI=1S/C26H21F3N2O/c1-3-17-9-7-12-19(15-17)31(2)25(32)21-16-30-24-20(13-8-14-22(24)26(27,28)29)23(21)18-10-5-4-6-11-18/h4-16H,3H2,1-2H3. The SMILES string of the molecule is CCc1cccc(N(C)C(=O)c2cnc3c(C(F)(F)F)cccc3c2-c2ccccc2)c1. The molecular formula is C26H21F3N2O. The number of pyridine rings is 1. The molecule has 3 aromatic carbocycles. The quantitative estimate of drug-likeness (QED) is 0.356. The number of halogens is 3. The number of aromatic nitrogens is 1. The summed E-state index contributed by atoms with van der Waals surface area (Å²) in [6, 6.07) is 20.5. The third-order valence-electron chi connectivity index (χ3n) is 5.51. The fraction of sp³-hybridized carbons (Fsp3) is 0.154. The number of aryl methyl sites for hydroxylation is 1. The molecule has 32 heavy (non-hydrogen) atoms. The predicted octanol–water partition coefficient (Wildman–Crippen LogP) is 6.76. The van der Waals surface area contributed by atoms with Crippen molar-refractivity contribution in [3.05, 3.63) is 95.7 Å². The van der Waals surface area contributed by atoms with E-state index in [4.69, 9.17) is 0 Å². The van der Waals surface area contributed by atoms with Crippen LogP contribution in [0.25, 0.3) is 22.0 Å². The zero-order valence-corrected chi connectivity index (χ0v) is 17.6. The summed E-state index contributed by atoms with van der Waals surface area (Å²) in [7, 11) is 1.65. The first kappa shape index (κ1) is 21.6. The van der Waals surface area contributed by atoms with Crippen LogP contribution < -0.4 is 4.90 Å². The van der Waals surface area contributed by atoms with Crippen molar-refractivity contribution in [3.63, 3.8) is 0 Å². The van der Waals surface area contributed by atoms with Gasteiger partial charge in [0.2, 0.25) is 0 Å². The Morgan fingerprint density at radius 1 is 0.969 bits per heavy atom. The molecule has 0 aliphatic heterocycles. The first-order valence-electron chi connectivity index (χ1n) is 10.2. The van der Waals surface area contributed by atoms with E-state index in [2.05, 4.69) is 4.98 Å². The molecule has 0 atom stereocenters. The summed E-state index contributed by atoms with van der Waals surface area (Å²) in [6.07, 6.45) is -2.48. The molecule has 3 nitrogen and oxygen atoms in total. The minimum Gasteiger partial charge on any atom is -0.311 e. The van der Waals surface area contributed by atoms with E-state index >= 15 is 0 Å². The number of fused-ring (bicyclic) bond motifs is 1. The number of anilines is 1. The van der Waals surface area contributed by atoms with Crippen LogP contribution in [0, 0.1) is 0 Å². The van der Waals surface area contributed by atoms with Crippen molar-refractivity contribution in [3.8, 4) is 11.1 Å². The highest BCUT2D eigenvalue weighted by Crippen LogP contribution is 2.38. The van der Waals surface area contributed by atoms with E-state index in [9.17, 15) is 18.0 Å². The molecule has 0 fully saturated rings. The van der Waals surface area contributed by atoms with Gasteiger partial charge < -0.3 is 4.90 Å². The summed E-state index contributed by atoms with van der Waals surface area (Å²) in [6.45, 7) is 2.03. The minimum atomic E-state index is -4.55. The molecule has 0 bridgehead atoms. The molecule has 1 amide bonds. The lowest BCUT2D eigenvalue weighted by Gasteiger charge is -2.21. The molecule has 162 valence electrons. The van der Waals surface area contributed by atoms with Crippen molar-refractivity contribution < 1.29 is 18.0 Å². The number of amides is 1. The molecule has 1 aromatic heterocycles. The van der Waals surface area contributed by atoms with Crippen LogP contribution in [0.2, 0.25) is 0 Å². The molecule has 0 aliphatic rings. The summed E-state index contributed by atoms with van der Waals surface area (Å²) in [4.78, 5) is 19.1. The Hall–Kier alpha value is -3.67. The zero-order valence-electron chi connectivity index (χ0n) is 17.6. The van der Waals surface area contributed by atoms with Gasteiger partial charge >= 0.3 is 6.18 Å². The maximum absolute atomic E-state index is 13.6. The van der Waals surface area contributed by atoms with Crippen LogP contribution in [0.3, 0.4) is 0 Å². The van der Waals surface area contributed by atoms with Crippen molar-refractivity contribution in [1.29, 1.82) is 0 Å². The first-order valence-corrected chi connectivity index (χ1v) is 10.2. The molecule has 1 heterocycles. The molecule has 0 aliphatic carbocycles. The maximum Gasteiger partial charge on any atom is 0.418 e. The number of hydrogen-bond donors (Lipinski definition) is 0. The molecule has 0 radical (unpaired) electrons. The highest BCUT2D eigenvalue weighted by atomic mass is 19.4. The first-order chi connectivity index (χ1) is 15.3. The smallest absolute Gasteiger partial charge is 0.311 e. The normalized spacial score (nSPS) is 11.5. The van der Waals surface area contributed by atoms with E-state index in [0.29, 0.717) is 16.8 Å². The molecule has 0 saturated carbocycles. The van der Waals surface area contributed by atoms with Crippen LogP contribution in [-0.2, 0) is 12.6 Å². The zero-order chi connectivity index (χ0) is 22.9. The lowest BCUT2D eigenvalue weighted by molar-refractivity contribution is -0.136. The topological polar surface area (TPSA) is 33.2 Å². The number of rotatable bonds is 4. The summed E-state index contributed by atoms with van der Waals surface area (Å²) in [5, 5.41) is 0.285. The predicted molar refractivity (Wildman–Crippen MR) is 121 cm³/mol. The van der Waals surface area contributed by atoms with Gasteiger partial charge in [0, 0.05) is 29.9 Å². The molecule has 6 heteroatoms. The van der Waals surface area contributed by atoms with Crippen molar-refractivity contribution in [2.75, 3.05) is 11.9 Å². The number of benzene rings is 3. The summed E-state index contributed by atoms with van der Waals surface area (Å²) in [5.74, 6) is -0.344. The molecule has 0 N–H and O–H groups in total. The second-order valence-corrected chi connectivity index (χ2v) is 7.50. The maximum atomic E-state index is 13.6. The highest BCUT2D eigenvalue weighted by molar-refractivity contribution is 6.14. The number of nitrogens with zero attached hydrogens (tertiary/aromatic N) is 2. The van der Waals surface area contributed by atoms with E-state index in [1.54, 1.807) is 37.4 Å².